The van der Waals surface area contributed by atoms with E-state index in [0.717, 1.165) is 24.8 Å². The molecular formula is C14H22N2O. The first-order valence-electron chi connectivity index (χ1n) is 6.39. The lowest BCUT2D eigenvalue weighted by molar-refractivity contribution is 0.417. The van der Waals surface area contributed by atoms with Gasteiger partial charge in [-0.15, -0.1) is 0 Å². The lowest BCUT2D eigenvalue weighted by Gasteiger charge is -2.23. The quantitative estimate of drug-likeness (QED) is 0.800. The molecule has 1 saturated heterocycles. The smallest absolute Gasteiger partial charge is 0.143 e. The maximum atomic E-state index is 5.84. The molecule has 0 bridgehead atoms. The maximum absolute atomic E-state index is 5.84. The summed E-state index contributed by atoms with van der Waals surface area (Å²) >= 11 is 0. The topological polar surface area (TPSA) is 38.5 Å². The lowest BCUT2D eigenvalue weighted by atomic mass is 10.0. The van der Waals surface area contributed by atoms with Crippen molar-refractivity contribution in [3.05, 3.63) is 18.2 Å². The number of nitrogen functional groups attached to an aromatic ring is 1. The van der Waals surface area contributed by atoms with Crippen LogP contribution in [0, 0.1) is 5.92 Å². The first-order valence-corrected chi connectivity index (χ1v) is 6.39. The zero-order valence-corrected chi connectivity index (χ0v) is 10.8. The van der Waals surface area contributed by atoms with E-state index in [-0.39, 0.29) is 0 Å². The van der Waals surface area contributed by atoms with Gasteiger partial charge in [0.15, 0.2) is 0 Å². The van der Waals surface area contributed by atoms with E-state index in [1.54, 1.807) is 7.11 Å². The second kappa shape index (κ2) is 5.30. The van der Waals surface area contributed by atoms with E-state index in [2.05, 4.69) is 17.9 Å². The van der Waals surface area contributed by atoms with Crippen LogP contribution in [0.3, 0.4) is 0 Å². The Labute approximate surface area is 104 Å². The number of hydrogen-bond donors (Lipinski definition) is 1. The molecule has 1 atom stereocenters. The molecule has 0 aliphatic carbocycles. The van der Waals surface area contributed by atoms with E-state index < -0.39 is 0 Å². The third kappa shape index (κ3) is 2.84. The van der Waals surface area contributed by atoms with Gasteiger partial charge in [0.05, 0.1) is 12.8 Å². The monoisotopic (exact) mass is 234 g/mol. The number of nitrogens with zero attached hydrogens (tertiary/aromatic N) is 1. The number of anilines is 2. The minimum absolute atomic E-state index is 0.708. The third-order valence-corrected chi connectivity index (χ3v) is 3.60. The van der Waals surface area contributed by atoms with Crippen LogP contribution in [-0.4, -0.2) is 20.2 Å². The summed E-state index contributed by atoms with van der Waals surface area (Å²) in [5, 5.41) is 0. The summed E-state index contributed by atoms with van der Waals surface area (Å²) in [5.74, 6) is 1.62. The second-order valence-electron chi connectivity index (χ2n) is 4.95. The largest absolute Gasteiger partial charge is 0.495 e. The molecule has 2 N–H and O–H groups in total. The molecule has 0 spiro atoms. The van der Waals surface area contributed by atoms with Gasteiger partial charge in [-0.2, -0.15) is 0 Å². The van der Waals surface area contributed by atoms with Crippen molar-refractivity contribution in [2.24, 2.45) is 5.92 Å². The molecular weight excluding hydrogens is 212 g/mol. The summed E-state index contributed by atoms with van der Waals surface area (Å²) in [6.45, 7) is 4.61. The van der Waals surface area contributed by atoms with Crippen LogP contribution in [0.5, 0.6) is 5.75 Å². The van der Waals surface area contributed by atoms with Crippen molar-refractivity contribution < 1.29 is 4.74 Å². The summed E-state index contributed by atoms with van der Waals surface area (Å²) in [6, 6.07) is 6.07. The van der Waals surface area contributed by atoms with Gasteiger partial charge in [-0.1, -0.05) is 6.92 Å². The number of rotatable bonds is 2. The highest BCUT2D eigenvalue weighted by atomic mass is 16.5. The van der Waals surface area contributed by atoms with Crippen LogP contribution >= 0.6 is 0 Å². The van der Waals surface area contributed by atoms with Crippen LogP contribution in [-0.2, 0) is 0 Å². The Morgan fingerprint density at radius 1 is 1.29 bits per heavy atom. The first kappa shape index (κ1) is 12.1. The lowest BCUT2D eigenvalue weighted by Crippen LogP contribution is -2.24. The van der Waals surface area contributed by atoms with Crippen molar-refractivity contribution in [3.8, 4) is 5.75 Å². The molecule has 1 aliphatic heterocycles. The average Bonchev–Trinajstić information content (AvgIpc) is 2.55. The van der Waals surface area contributed by atoms with Crippen molar-refractivity contribution in [3.63, 3.8) is 0 Å². The van der Waals surface area contributed by atoms with Gasteiger partial charge in [0.2, 0.25) is 0 Å². The fourth-order valence-electron chi connectivity index (χ4n) is 2.42. The number of hydrogen-bond acceptors (Lipinski definition) is 3. The van der Waals surface area contributed by atoms with E-state index in [1.807, 2.05) is 12.1 Å². The zero-order valence-electron chi connectivity index (χ0n) is 10.8. The Bertz CT molecular complexity index is 378. The first-order chi connectivity index (χ1) is 8.20. The number of benzene rings is 1. The Morgan fingerprint density at radius 2 is 2.12 bits per heavy atom. The van der Waals surface area contributed by atoms with Crippen molar-refractivity contribution in [2.45, 2.75) is 26.2 Å². The Kier molecular flexibility index (Phi) is 3.77. The van der Waals surface area contributed by atoms with Gasteiger partial charge >= 0.3 is 0 Å². The van der Waals surface area contributed by atoms with Crippen LogP contribution in [0.1, 0.15) is 26.2 Å². The number of nitrogens with two attached hydrogens (primary N) is 1. The molecule has 0 saturated carbocycles. The summed E-state index contributed by atoms with van der Waals surface area (Å²) < 4.78 is 5.28. The molecule has 2 rings (SSSR count). The van der Waals surface area contributed by atoms with Gasteiger partial charge in [-0.25, -0.2) is 0 Å². The van der Waals surface area contributed by atoms with E-state index in [1.165, 1.54) is 24.9 Å². The summed E-state index contributed by atoms with van der Waals surface area (Å²) in [7, 11) is 1.67. The predicted octanol–water partition coefficient (Wildman–Crippen LogP) is 2.90. The highest BCUT2D eigenvalue weighted by Crippen LogP contribution is 2.29. The highest BCUT2D eigenvalue weighted by molar-refractivity contribution is 5.62. The summed E-state index contributed by atoms with van der Waals surface area (Å²) in [5.41, 5.74) is 7.77. The molecule has 3 heteroatoms. The molecule has 0 radical (unpaired) electrons. The van der Waals surface area contributed by atoms with Crippen LogP contribution < -0.4 is 15.4 Å². The van der Waals surface area contributed by atoms with E-state index in [9.17, 15) is 0 Å². The normalized spacial score (nSPS) is 21.1. The molecule has 0 aromatic heterocycles. The summed E-state index contributed by atoms with van der Waals surface area (Å²) in [6.07, 6.45) is 3.88. The molecule has 0 amide bonds. The molecule has 1 aromatic rings. The SMILES string of the molecule is COc1cc(N2CCCC(C)CC2)ccc1N. The van der Waals surface area contributed by atoms with Gasteiger partial charge in [0.1, 0.15) is 5.75 Å². The van der Waals surface area contributed by atoms with E-state index in [0.29, 0.717) is 5.69 Å². The number of ether oxygens (including phenoxy) is 1. The average molecular weight is 234 g/mol. The third-order valence-electron chi connectivity index (χ3n) is 3.60. The molecule has 17 heavy (non-hydrogen) atoms. The van der Waals surface area contributed by atoms with Crippen LogP contribution in [0.25, 0.3) is 0 Å². The van der Waals surface area contributed by atoms with E-state index >= 15 is 0 Å². The zero-order chi connectivity index (χ0) is 12.3. The van der Waals surface area contributed by atoms with Crippen molar-refractivity contribution in [1.29, 1.82) is 0 Å². The predicted molar refractivity (Wildman–Crippen MR) is 72.6 cm³/mol. The van der Waals surface area contributed by atoms with Crippen LogP contribution in [0.15, 0.2) is 18.2 Å². The van der Waals surface area contributed by atoms with Crippen molar-refractivity contribution in [1.82, 2.24) is 0 Å². The second-order valence-corrected chi connectivity index (χ2v) is 4.95. The molecule has 1 unspecified atom stereocenters. The molecule has 1 aromatic carbocycles. The Balaban J connectivity index is 2.15. The van der Waals surface area contributed by atoms with Gasteiger partial charge in [-0.3, -0.25) is 0 Å². The van der Waals surface area contributed by atoms with Gasteiger partial charge in [0, 0.05) is 24.8 Å². The van der Waals surface area contributed by atoms with E-state index in [4.69, 9.17) is 10.5 Å². The fraction of sp³-hybridized carbons (Fsp3) is 0.571. The standard InChI is InChI=1S/C14H22N2O/c1-11-4-3-8-16(9-7-11)12-5-6-13(15)14(10-12)17-2/h5-6,10-11H,3-4,7-9,15H2,1-2H3. The van der Waals surface area contributed by atoms with Crippen LogP contribution in [0.2, 0.25) is 0 Å². The fourth-order valence-corrected chi connectivity index (χ4v) is 2.42. The number of methoxy groups -OCH3 is 1. The van der Waals surface area contributed by atoms with Crippen LogP contribution in [0.4, 0.5) is 11.4 Å². The Morgan fingerprint density at radius 3 is 2.88 bits per heavy atom. The molecule has 1 heterocycles. The van der Waals surface area contributed by atoms with Gasteiger partial charge in [-0.05, 0) is 37.3 Å². The van der Waals surface area contributed by atoms with Gasteiger partial charge < -0.3 is 15.4 Å². The molecule has 1 fully saturated rings. The summed E-state index contributed by atoms with van der Waals surface area (Å²) in [4.78, 5) is 2.44. The maximum Gasteiger partial charge on any atom is 0.143 e. The molecule has 1 aliphatic rings. The van der Waals surface area contributed by atoms with Crippen molar-refractivity contribution in [2.75, 3.05) is 30.8 Å². The molecule has 94 valence electrons. The highest BCUT2D eigenvalue weighted by Gasteiger charge is 2.15. The Hall–Kier alpha value is -1.38. The molecule has 3 nitrogen and oxygen atoms in total. The minimum atomic E-state index is 0.708. The van der Waals surface area contributed by atoms with Crippen molar-refractivity contribution >= 4 is 11.4 Å². The van der Waals surface area contributed by atoms with Gasteiger partial charge in [0.25, 0.3) is 0 Å². The minimum Gasteiger partial charge on any atom is -0.495 e.